The zero-order valence-corrected chi connectivity index (χ0v) is 37.2. The van der Waals surface area contributed by atoms with Crippen molar-refractivity contribution in [2.45, 2.75) is 6.42 Å². The molecule has 0 unspecified atom stereocenters. The van der Waals surface area contributed by atoms with Crippen LogP contribution in [0, 0.1) is 0 Å². The minimum atomic E-state index is 0.572. The Labute approximate surface area is 394 Å². The number of rotatable bonds is 4. The fourth-order valence-electron chi connectivity index (χ4n) is 12.0. The minimum Gasteiger partial charge on any atom is -0.309 e. The smallest absolute Gasteiger partial charge is 0.238 e. The van der Waals surface area contributed by atoms with Crippen molar-refractivity contribution in [2.75, 3.05) is 0 Å². The van der Waals surface area contributed by atoms with Crippen LogP contribution in [0.3, 0.4) is 0 Å². The van der Waals surface area contributed by atoms with Crippen LogP contribution in [0.5, 0.6) is 0 Å². The molecule has 0 fully saturated rings. The third-order valence-corrected chi connectivity index (χ3v) is 15.0. The average Bonchev–Trinajstić information content (AvgIpc) is 3.83. The highest BCUT2D eigenvalue weighted by Crippen LogP contribution is 2.44. The first-order chi connectivity index (χ1) is 34.2. The van der Waals surface area contributed by atoms with Crippen molar-refractivity contribution in [3.63, 3.8) is 0 Å². The summed E-state index contributed by atoms with van der Waals surface area (Å²) in [4.78, 5) is 16.7. The molecular formula is C64H37N5. The van der Waals surface area contributed by atoms with E-state index >= 15 is 0 Å². The number of benzene rings is 12. The first kappa shape index (κ1) is 37.0. The Kier molecular flexibility index (Phi) is 7.33. The molecule has 0 saturated carbocycles. The monoisotopic (exact) mass is 875 g/mol. The van der Waals surface area contributed by atoms with Crippen LogP contribution >= 0.6 is 0 Å². The van der Waals surface area contributed by atoms with Crippen LogP contribution in [0.4, 0.5) is 0 Å². The van der Waals surface area contributed by atoms with Crippen LogP contribution in [0.1, 0.15) is 12.0 Å². The largest absolute Gasteiger partial charge is 0.309 e. The van der Waals surface area contributed by atoms with Gasteiger partial charge in [0.25, 0.3) is 0 Å². The Balaban J connectivity index is 1.02. The number of para-hydroxylation sites is 2. The first-order valence-electron chi connectivity index (χ1n) is 23.7. The fourth-order valence-corrected chi connectivity index (χ4v) is 12.0. The predicted molar refractivity (Wildman–Crippen MR) is 289 cm³/mol. The van der Waals surface area contributed by atoms with Gasteiger partial charge in [-0.3, -0.25) is 4.57 Å². The van der Waals surface area contributed by atoms with Gasteiger partial charge in [-0.15, -0.1) is 0 Å². The SMILES string of the molecule is C1=Cc2ccc3cc(-c4nc(-c5cc6ccc7cccc8ccc(c5)c6c78)nc(-n5c6ccccc6c6ccc7c(c8ccccc8n7-c7cccc8ccccc78)c65)n4)cc4ccc(c2c34)=CC1. The van der Waals surface area contributed by atoms with Gasteiger partial charge in [-0.1, -0.05) is 164 Å². The van der Waals surface area contributed by atoms with E-state index in [9.17, 15) is 0 Å². The van der Waals surface area contributed by atoms with Gasteiger partial charge in [-0.05, 0) is 125 Å². The van der Waals surface area contributed by atoms with Gasteiger partial charge in [0.1, 0.15) is 0 Å². The zero-order valence-electron chi connectivity index (χ0n) is 37.2. The third-order valence-electron chi connectivity index (χ3n) is 15.0. The Hall–Kier alpha value is -9.19. The fraction of sp³-hybridized carbons (Fsp3) is 0.0156. The summed E-state index contributed by atoms with van der Waals surface area (Å²) in [7, 11) is 0. The Bertz CT molecular complexity index is 4730. The van der Waals surface area contributed by atoms with Crippen LogP contribution in [-0.4, -0.2) is 24.1 Å². The quantitative estimate of drug-likeness (QED) is 0.166. The van der Waals surface area contributed by atoms with E-state index < -0.39 is 0 Å². The van der Waals surface area contributed by atoms with E-state index in [-0.39, 0.29) is 0 Å². The summed E-state index contributed by atoms with van der Waals surface area (Å²) >= 11 is 0. The summed E-state index contributed by atoms with van der Waals surface area (Å²) in [5.41, 5.74) is 8.64. The zero-order chi connectivity index (χ0) is 44.9. The van der Waals surface area contributed by atoms with Crippen molar-refractivity contribution in [3.8, 4) is 34.4 Å². The summed E-state index contributed by atoms with van der Waals surface area (Å²) in [6.07, 6.45) is 7.76. The van der Waals surface area contributed by atoms with E-state index in [4.69, 9.17) is 15.0 Å². The lowest BCUT2D eigenvalue weighted by Gasteiger charge is -2.15. The maximum Gasteiger partial charge on any atom is 0.238 e. The van der Waals surface area contributed by atoms with Gasteiger partial charge in [0.15, 0.2) is 11.6 Å². The summed E-state index contributed by atoms with van der Waals surface area (Å²) < 4.78 is 4.74. The molecular weight excluding hydrogens is 839 g/mol. The predicted octanol–water partition coefficient (Wildman–Crippen LogP) is 15.7. The summed E-state index contributed by atoms with van der Waals surface area (Å²) in [6.45, 7) is 0. The molecule has 0 atom stereocenters. The van der Waals surface area contributed by atoms with Crippen LogP contribution in [-0.2, 0) is 0 Å². The van der Waals surface area contributed by atoms with Crippen molar-refractivity contribution in [3.05, 3.63) is 211 Å². The lowest BCUT2D eigenvalue weighted by Crippen LogP contribution is -2.07. The number of allylic oxidation sites excluding steroid dienone is 1. The molecule has 15 aromatic rings. The van der Waals surface area contributed by atoms with Crippen LogP contribution in [0.15, 0.2) is 200 Å². The Morgan fingerprint density at radius 2 is 0.928 bits per heavy atom. The Morgan fingerprint density at radius 3 is 1.68 bits per heavy atom. The van der Waals surface area contributed by atoms with Crippen molar-refractivity contribution < 1.29 is 0 Å². The molecule has 0 N–H and O–H groups in total. The van der Waals surface area contributed by atoms with Crippen molar-refractivity contribution >= 4 is 120 Å². The summed E-state index contributed by atoms with van der Waals surface area (Å²) in [6, 6.07) is 71.0. The van der Waals surface area contributed by atoms with Gasteiger partial charge in [-0.2, -0.15) is 9.97 Å². The van der Waals surface area contributed by atoms with E-state index in [2.05, 4.69) is 221 Å². The van der Waals surface area contributed by atoms with Gasteiger partial charge in [0.2, 0.25) is 5.95 Å². The van der Waals surface area contributed by atoms with Crippen LogP contribution in [0.25, 0.3) is 155 Å². The van der Waals surface area contributed by atoms with Crippen LogP contribution in [0.2, 0.25) is 0 Å². The second kappa shape index (κ2) is 13.7. The second-order valence-corrected chi connectivity index (χ2v) is 18.7. The molecule has 5 nitrogen and oxygen atoms in total. The Morgan fingerprint density at radius 1 is 0.362 bits per heavy atom. The topological polar surface area (TPSA) is 48.5 Å². The van der Waals surface area contributed by atoms with Crippen LogP contribution < -0.4 is 5.22 Å². The van der Waals surface area contributed by atoms with Crippen molar-refractivity contribution in [1.82, 2.24) is 24.1 Å². The molecule has 12 aromatic carbocycles. The van der Waals surface area contributed by atoms with Gasteiger partial charge >= 0.3 is 0 Å². The minimum absolute atomic E-state index is 0.572. The number of hydrogen-bond acceptors (Lipinski definition) is 3. The number of aromatic nitrogens is 5. The molecule has 0 spiro atoms. The maximum atomic E-state index is 5.59. The van der Waals surface area contributed by atoms with Crippen molar-refractivity contribution in [1.29, 1.82) is 0 Å². The maximum absolute atomic E-state index is 5.59. The van der Waals surface area contributed by atoms with E-state index in [1.54, 1.807) is 0 Å². The van der Waals surface area contributed by atoms with Crippen molar-refractivity contribution in [2.24, 2.45) is 0 Å². The third kappa shape index (κ3) is 5.16. The highest BCUT2D eigenvalue weighted by Gasteiger charge is 2.24. The normalized spacial score (nSPS) is 12.9. The molecule has 5 heteroatoms. The van der Waals surface area contributed by atoms with E-state index in [0.717, 1.165) is 83.0 Å². The standard InChI is InChI=1S/C64H37N5/c1-2-13-39-24-28-43-34-46(33-42-27-23-38(12-1)56(39)58(42)43)62-65-63(47-35-44-29-25-40-15-9-16-41-26-30-45(36-47)59(44)57(40)41)67-64(66-62)69-53-20-7-5-18-49(53)50-31-32-55-60(61(50)69)51-19-6-8-21-54(51)68(55)52-22-10-14-37-11-3-4-17-48(37)52/h1,3-36H,2H2. The van der Waals surface area contributed by atoms with Gasteiger partial charge in [0.05, 0.1) is 27.8 Å². The highest BCUT2D eigenvalue weighted by atomic mass is 15.2. The van der Waals surface area contributed by atoms with E-state index in [0.29, 0.717) is 17.6 Å². The van der Waals surface area contributed by atoms with Gasteiger partial charge in [0, 0.05) is 38.1 Å². The molecule has 0 aliphatic heterocycles. The lowest BCUT2D eigenvalue weighted by molar-refractivity contribution is 0.956. The number of fused-ring (bicyclic) bond motifs is 8. The molecule has 318 valence electrons. The molecule has 3 aromatic heterocycles. The summed E-state index contributed by atoms with van der Waals surface area (Å²) in [5.74, 6) is 1.82. The number of nitrogens with zero attached hydrogens (tertiary/aromatic N) is 5. The number of hydrogen-bond donors (Lipinski definition) is 0. The molecule has 69 heavy (non-hydrogen) atoms. The molecule has 0 radical (unpaired) electrons. The highest BCUT2D eigenvalue weighted by molar-refractivity contribution is 6.27. The molecule has 16 rings (SSSR count). The lowest BCUT2D eigenvalue weighted by atomic mass is 9.93. The second-order valence-electron chi connectivity index (χ2n) is 18.7. The molecule has 1 aliphatic rings. The summed E-state index contributed by atoms with van der Waals surface area (Å²) in [5, 5.41) is 20.5. The van der Waals surface area contributed by atoms with E-state index in [1.807, 2.05) is 0 Å². The van der Waals surface area contributed by atoms with E-state index in [1.165, 1.54) is 59.3 Å². The van der Waals surface area contributed by atoms with Gasteiger partial charge in [-0.25, -0.2) is 4.98 Å². The average molecular weight is 876 g/mol. The van der Waals surface area contributed by atoms with Gasteiger partial charge < -0.3 is 4.57 Å². The molecule has 0 bridgehead atoms. The molecule has 0 amide bonds. The molecule has 0 saturated heterocycles. The molecule has 1 aliphatic carbocycles. The first-order valence-corrected chi connectivity index (χ1v) is 23.7. The molecule has 3 heterocycles.